The highest BCUT2D eigenvalue weighted by Crippen LogP contribution is 2.21. The first kappa shape index (κ1) is 17.3. The lowest BCUT2D eigenvalue weighted by Gasteiger charge is -2.24. The third-order valence-corrected chi connectivity index (χ3v) is 3.99. The predicted octanol–water partition coefficient (Wildman–Crippen LogP) is 3.59. The fraction of sp³-hybridized carbons (Fsp3) is 0.267. The molecule has 0 aliphatic heterocycles. The number of hydrogen-bond donors (Lipinski definition) is 2. The van der Waals surface area contributed by atoms with Gasteiger partial charge in [-0.1, -0.05) is 0 Å². The fourth-order valence-corrected chi connectivity index (χ4v) is 2.75. The summed E-state index contributed by atoms with van der Waals surface area (Å²) in [4.78, 5) is 13.8. The van der Waals surface area contributed by atoms with E-state index in [1.54, 1.807) is 11.3 Å². The molecule has 1 heterocycles. The molecule has 4 nitrogen and oxygen atoms in total. The van der Waals surface area contributed by atoms with Crippen molar-refractivity contribution in [3.05, 3.63) is 52.0 Å². The Bertz CT molecular complexity index is 677. The number of likely N-dealkylation sites (N-methyl/N-ethyl adjacent to an activating group) is 1. The summed E-state index contributed by atoms with van der Waals surface area (Å²) < 4.78 is 39.5. The number of anilines is 1. The Morgan fingerprint density at radius 3 is 2.57 bits per heavy atom. The van der Waals surface area contributed by atoms with E-state index >= 15 is 0 Å². The lowest BCUT2D eigenvalue weighted by atomic mass is 10.1. The molecule has 0 saturated heterocycles. The van der Waals surface area contributed by atoms with E-state index in [-0.39, 0.29) is 12.6 Å². The van der Waals surface area contributed by atoms with E-state index in [4.69, 9.17) is 0 Å². The van der Waals surface area contributed by atoms with Gasteiger partial charge in [0.2, 0.25) is 0 Å². The number of nitrogens with one attached hydrogen (secondary N) is 2. The zero-order valence-electron chi connectivity index (χ0n) is 12.6. The number of amides is 2. The van der Waals surface area contributed by atoms with Gasteiger partial charge in [0.15, 0.2) is 17.5 Å². The molecule has 8 heteroatoms. The van der Waals surface area contributed by atoms with E-state index in [1.165, 1.54) is 0 Å². The van der Waals surface area contributed by atoms with Crippen LogP contribution >= 0.6 is 11.3 Å². The van der Waals surface area contributed by atoms with Crippen LogP contribution in [0.15, 0.2) is 29.0 Å². The molecular weight excluding hydrogens is 327 g/mol. The van der Waals surface area contributed by atoms with Crippen LogP contribution in [0.25, 0.3) is 0 Å². The molecule has 2 rings (SSSR count). The highest BCUT2D eigenvalue weighted by Gasteiger charge is 2.18. The summed E-state index contributed by atoms with van der Waals surface area (Å²) in [5.41, 5.74) is 0.623. The van der Waals surface area contributed by atoms with Gasteiger partial charge in [0.05, 0.1) is 11.7 Å². The Morgan fingerprint density at radius 1 is 1.22 bits per heavy atom. The molecular formula is C15H16F3N3OS. The topological polar surface area (TPSA) is 44.4 Å². The highest BCUT2D eigenvalue weighted by molar-refractivity contribution is 7.07. The molecule has 0 radical (unpaired) electrons. The minimum absolute atomic E-state index is 0.0539. The second kappa shape index (κ2) is 7.47. The van der Waals surface area contributed by atoms with E-state index in [2.05, 4.69) is 10.6 Å². The number of nitrogens with zero attached hydrogens (tertiary/aromatic N) is 1. The molecule has 1 unspecified atom stereocenters. The van der Waals surface area contributed by atoms with Gasteiger partial charge in [-0.05, 0) is 48.6 Å². The molecule has 0 fully saturated rings. The Morgan fingerprint density at radius 2 is 1.96 bits per heavy atom. The van der Waals surface area contributed by atoms with Crippen molar-refractivity contribution in [2.45, 2.75) is 6.04 Å². The SMILES string of the molecule is CN(C)C(CNC(=O)Nc1ccc(F)c(F)c1F)c1ccsc1. The van der Waals surface area contributed by atoms with Crippen LogP contribution in [0.2, 0.25) is 0 Å². The van der Waals surface area contributed by atoms with Crippen molar-refractivity contribution in [2.75, 3.05) is 26.0 Å². The van der Waals surface area contributed by atoms with Crippen LogP contribution in [-0.2, 0) is 0 Å². The minimum Gasteiger partial charge on any atom is -0.336 e. The van der Waals surface area contributed by atoms with E-state index in [9.17, 15) is 18.0 Å². The average molecular weight is 343 g/mol. The quantitative estimate of drug-likeness (QED) is 0.815. The third kappa shape index (κ3) is 4.23. The summed E-state index contributed by atoms with van der Waals surface area (Å²) in [5.74, 6) is -4.35. The maximum Gasteiger partial charge on any atom is 0.319 e. The van der Waals surface area contributed by atoms with Gasteiger partial charge in [0, 0.05) is 6.54 Å². The summed E-state index contributed by atoms with van der Waals surface area (Å²) >= 11 is 1.55. The Hall–Kier alpha value is -2.06. The first-order chi connectivity index (χ1) is 10.9. The zero-order valence-corrected chi connectivity index (χ0v) is 13.4. The molecule has 0 aliphatic rings. The molecule has 23 heavy (non-hydrogen) atoms. The number of benzene rings is 1. The lowest BCUT2D eigenvalue weighted by Crippen LogP contribution is -2.37. The summed E-state index contributed by atoms with van der Waals surface area (Å²) in [6, 6.07) is 2.92. The van der Waals surface area contributed by atoms with Gasteiger partial charge in [0.1, 0.15) is 0 Å². The molecule has 0 bridgehead atoms. The first-order valence-electron chi connectivity index (χ1n) is 6.77. The smallest absolute Gasteiger partial charge is 0.319 e. The van der Waals surface area contributed by atoms with Crippen molar-refractivity contribution in [2.24, 2.45) is 0 Å². The molecule has 0 aliphatic carbocycles. The Labute approximate surface area is 135 Å². The maximum absolute atomic E-state index is 13.5. The first-order valence-corrected chi connectivity index (χ1v) is 7.71. The minimum atomic E-state index is -1.62. The molecule has 2 aromatic rings. The number of urea groups is 1. The molecule has 0 saturated carbocycles. The van der Waals surface area contributed by atoms with Gasteiger partial charge in [-0.25, -0.2) is 18.0 Å². The summed E-state index contributed by atoms with van der Waals surface area (Å²) in [5, 5.41) is 8.67. The molecule has 2 N–H and O–H groups in total. The van der Waals surface area contributed by atoms with E-state index < -0.39 is 29.2 Å². The van der Waals surface area contributed by atoms with Crippen LogP contribution < -0.4 is 10.6 Å². The monoisotopic (exact) mass is 343 g/mol. The van der Waals surface area contributed by atoms with Gasteiger partial charge in [-0.15, -0.1) is 0 Å². The van der Waals surface area contributed by atoms with Crippen molar-refractivity contribution in [1.29, 1.82) is 0 Å². The molecule has 1 aromatic heterocycles. The van der Waals surface area contributed by atoms with Crippen LogP contribution in [0, 0.1) is 17.5 Å². The normalized spacial score (nSPS) is 12.3. The average Bonchev–Trinajstić information content (AvgIpc) is 3.02. The standard InChI is InChI=1S/C15H16F3N3OS/c1-21(2)12(9-5-6-23-8-9)7-19-15(22)20-11-4-3-10(16)13(17)14(11)18/h3-6,8,12H,7H2,1-2H3,(H2,19,20,22). The number of thiophene rings is 1. The molecule has 2 amide bonds. The number of carbonyl (C=O) groups is 1. The second-order valence-electron chi connectivity index (χ2n) is 5.09. The van der Waals surface area contributed by atoms with Crippen LogP contribution in [0.5, 0.6) is 0 Å². The van der Waals surface area contributed by atoms with Crippen LogP contribution in [0.4, 0.5) is 23.7 Å². The predicted molar refractivity (Wildman–Crippen MR) is 84.1 cm³/mol. The number of rotatable bonds is 5. The summed E-state index contributed by atoms with van der Waals surface area (Å²) in [7, 11) is 3.74. The maximum atomic E-state index is 13.5. The van der Waals surface area contributed by atoms with E-state index in [0.29, 0.717) is 0 Å². The zero-order chi connectivity index (χ0) is 17.0. The molecule has 1 aromatic carbocycles. The van der Waals surface area contributed by atoms with Gasteiger partial charge < -0.3 is 15.5 Å². The number of hydrogen-bond acceptors (Lipinski definition) is 3. The van der Waals surface area contributed by atoms with E-state index in [0.717, 1.165) is 17.7 Å². The van der Waals surface area contributed by atoms with E-state index in [1.807, 2.05) is 35.8 Å². The molecule has 1 atom stereocenters. The van der Waals surface area contributed by atoms with Crippen LogP contribution in [0.1, 0.15) is 11.6 Å². The lowest BCUT2D eigenvalue weighted by molar-refractivity contribution is 0.243. The van der Waals surface area contributed by atoms with Crippen molar-refractivity contribution < 1.29 is 18.0 Å². The van der Waals surface area contributed by atoms with Crippen LogP contribution in [0.3, 0.4) is 0 Å². The number of halogens is 3. The summed E-state index contributed by atoms with van der Waals surface area (Å²) in [6.07, 6.45) is 0. The van der Waals surface area contributed by atoms with Crippen molar-refractivity contribution in [3.8, 4) is 0 Å². The number of carbonyl (C=O) groups excluding carboxylic acids is 1. The van der Waals surface area contributed by atoms with Gasteiger partial charge >= 0.3 is 6.03 Å². The third-order valence-electron chi connectivity index (χ3n) is 3.29. The Balaban J connectivity index is 1.98. The largest absolute Gasteiger partial charge is 0.336 e. The van der Waals surface area contributed by atoms with Crippen molar-refractivity contribution in [3.63, 3.8) is 0 Å². The van der Waals surface area contributed by atoms with Gasteiger partial charge in [0.25, 0.3) is 0 Å². The van der Waals surface area contributed by atoms with Crippen molar-refractivity contribution >= 4 is 23.1 Å². The molecule has 124 valence electrons. The Kier molecular flexibility index (Phi) is 5.62. The van der Waals surface area contributed by atoms with Gasteiger partial charge in [-0.2, -0.15) is 11.3 Å². The van der Waals surface area contributed by atoms with Crippen LogP contribution in [-0.4, -0.2) is 31.6 Å². The molecule has 0 spiro atoms. The van der Waals surface area contributed by atoms with Gasteiger partial charge in [-0.3, -0.25) is 0 Å². The summed E-state index contributed by atoms with van der Waals surface area (Å²) in [6.45, 7) is 0.279. The highest BCUT2D eigenvalue weighted by atomic mass is 32.1. The second-order valence-corrected chi connectivity index (χ2v) is 5.87. The van der Waals surface area contributed by atoms with Crippen molar-refractivity contribution in [1.82, 2.24) is 10.2 Å². The fourth-order valence-electron chi connectivity index (χ4n) is 2.04.